The van der Waals surface area contributed by atoms with Gasteiger partial charge in [-0.25, -0.2) is 0 Å². The van der Waals surface area contributed by atoms with Gasteiger partial charge in [-0.15, -0.1) is 0 Å². The van der Waals surface area contributed by atoms with Crippen molar-refractivity contribution in [3.05, 3.63) is 0 Å². The number of hydrogen-bond acceptors (Lipinski definition) is 2. The molecule has 1 aliphatic heterocycles. The third kappa shape index (κ3) is 3.05. The lowest BCUT2D eigenvalue weighted by Crippen LogP contribution is -2.41. The smallest absolute Gasteiger partial charge is 0.241 e. The fourth-order valence-corrected chi connectivity index (χ4v) is 3.02. The summed E-state index contributed by atoms with van der Waals surface area (Å²) in [5.41, 5.74) is 0. The molecule has 3 unspecified atom stereocenters. The normalized spacial score (nSPS) is 30.3. The van der Waals surface area contributed by atoms with Gasteiger partial charge in [-0.1, -0.05) is 27.7 Å². The molecule has 3 heteroatoms. The monoisotopic (exact) mass is 252 g/mol. The van der Waals surface area contributed by atoms with Gasteiger partial charge in [0, 0.05) is 6.54 Å². The van der Waals surface area contributed by atoms with Crippen molar-refractivity contribution in [3.8, 4) is 0 Å². The van der Waals surface area contributed by atoms with E-state index < -0.39 is 0 Å². The molecule has 2 aliphatic rings. The molecule has 1 N–H and O–H groups in total. The Kier molecular flexibility index (Phi) is 4.31. The van der Waals surface area contributed by atoms with Crippen LogP contribution in [-0.2, 0) is 4.79 Å². The van der Waals surface area contributed by atoms with Gasteiger partial charge in [-0.05, 0) is 43.4 Å². The SMILES string of the molecule is CCC1NC(CC(C)C)N(CC(C)C2CC2)C1=O. The molecule has 1 saturated heterocycles. The molecule has 0 spiro atoms. The second-order valence-corrected chi connectivity index (χ2v) is 6.58. The van der Waals surface area contributed by atoms with Crippen molar-refractivity contribution in [1.29, 1.82) is 0 Å². The van der Waals surface area contributed by atoms with Crippen molar-refractivity contribution >= 4 is 5.91 Å². The molecule has 0 aromatic rings. The third-order valence-corrected chi connectivity index (χ3v) is 4.37. The molecule has 3 nitrogen and oxygen atoms in total. The Balaban J connectivity index is 1.99. The maximum Gasteiger partial charge on any atom is 0.241 e. The molecule has 1 aliphatic carbocycles. The van der Waals surface area contributed by atoms with Crippen LogP contribution in [0.3, 0.4) is 0 Å². The van der Waals surface area contributed by atoms with Gasteiger partial charge in [0.2, 0.25) is 5.91 Å². The maximum absolute atomic E-state index is 12.4. The molecule has 1 amide bonds. The minimum Gasteiger partial charge on any atom is -0.326 e. The fourth-order valence-electron chi connectivity index (χ4n) is 3.02. The van der Waals surface area contributed by atoms with E-state index in [-0.39, 0.29) is 12.2 Å². The number of nitrogens with one attached hydrogen (secondary N) is 1. The van der Waals surface area contributed by atoms with Crippen LogP contribution in [0.5, 0.6) is 0 Å². The number of carbonyl (C=O) groups excluding carboxylic acids is 1. The van der Waals surface area contributed by atoms with Gasteiger partial charge in [0.1, 0.15) is 0 Å². The summed E-state index contributed by atoms with van der Waals surface area (Å²) in [6.07, 6.45) is 4.97. The number of hydrogen-bond donors (Lipinski definition) is 1. The zero-order valence-electron chi connectivity index (χ0n) is 12.3. The topological polar surface area (TPSA) is 32.3 Å². The first kappa shape index (κ1) is 13.9. The molecule has 18 heavy (non-hydrogen) atoms. The first-order chi connectivity index (χ1) is 8.52. The van der Waals surface area contributed by atoms with Crippen LogP contribution in [0, 0.1) is 17.8 Å². The Morgan fingerprint density at radius 2 is 2.00 bits per heavy atom. The highest BCUT2D eigenvalue weighted by atomic mass is 16.2. The van der Waals surface area contributed by atoms with Gasteiger partial charge < -0.3 is 4.90 Å². The molecule has 1 heterocycles. The lowest BCUT2D eigenvalue weighted by atomic mass is 10.0. The van der Waals surface area contributed by atoms with Gasteiger partial charge in [0.25, 0.3) is 0 Å². The second kappa shape index (κ2) is 5.60. The van der Waals surface area contributed by atoms with E-state index in [1.807, 2.05) is 0 Å². The molecule has 0 aromatic heterocycles. The molecule has 0 bridgehead atoms. The second-order valence-electron chi connectivity index (χ2n) is 6.58. The van der Waals surface area contributed by atoms with Gasteiger partial charge in [-0.3, -0.25) is 10.1 Å². The van der Waals surface area contributed by atoms with Crippen molar-refractivity contribution in [2.75, 3.05) is 6.54 Å². The number of carbonyl (C=O) groups is 1. The summed E-state index contributed by atoms with van der Waals surface area (Å²) in [7, 11) is 0. The van der Waals surface area contributed by atoms with E-state index in [2.05, 4.69) is 37.9 Å². The van der Waals surface area contributed by atoms with E-state index in [4.69, 9.17) is 0 Å². The van der Waals surface area contributed by atoms with Crippen molar-refractivity contribution < 1.29 is 4.79 Å². The molecular formula is C15H28N2O. The lowest BCUT2D eigenvalue weighted by molar-refractivity contribution is -0.130. The summed E-state index contributed by atoms with van der Waals surface area (Å²) in [4.78, 5) is 14.5. The predicted molar refractivity (Wildman–Crippen MR) is 74.1 cm³/mol. The van der Waals surface area contributed by atoms with Crippen LogP contribution < -0.4 is 5.32 Å². The van der Waals surface area contributed by atoms with Crippen LogP contribution >= 0.6 is 0 Å². The molecule has 104 valence electrons. The summed E-state index contributed by atoms with van der Waals surface area (Å²) in [5.74, 6) is 2.50. The van der Waals surface area contributed by atoms with Gasteiger partial charge >= 0.3 is 0 Å². The highest BCUT2D eigenvalue weighted by molar-refractivity contribution is 5.84. The Labute approximate surface area is 111 Å². The molecular weight excluding hydrogens is 224 g/mol. The van der Waals surface area contributed by atoms with Crippen molar-refractivity contribution in [2.45, 2.75) is 65.6 Å². The molecule has 0 radical (unpaired) electrons. The van der Waals surface area contributed by atoms with Crippen LogP contribution in [-0.4, -0.2) is 29.6 Å². The number of amides is 1. The van der Waals surface area contributed by atoms with Crippen LogP contribution in [0.2, 0.25) is 0 Å². The molecule has 1 saturated carbocycles. The standard InChI is InChI=1S/C15H28N2O/c1-5-13-15(18)17(9-11(4)12-6-7-12)14(16-13)8-10(2)3/h10-14,16H,5-9H2,1-4H3. The third-order valence-electron chi connectivity index (χ3n) is 4.37. The highest BCUT2D eigenvalue weighted by Crippen LogP contribution is 2.37. The average molecular weight is 252 g/mol. The van der Waals surface area contributed by atoms with E-state index >= 15 is 0 Å². The van der Waals surface area contributed by atoms with Crippen molar-refractivity contribution in [3.63, 3.8) is 0 Å². The van der Waals surface area contributed by atoms with Crippen LogP contribution in [0.15, 0.2) is 0 Å². The quantitative estimate of drug-likeness (QED) is 0.788. The minimum absolute atomic E-state index is 0.0557. The summed E-state index contributed by atoms with van der Waals surface area (Å²) in [6.45, 7) is 9.80. The van der Waals surface area contributed by atoms with E-state index in [0.29, 0.717) is 17.7 Å². The van der Waals surface area contributed by atoms with Crippen LogP contribution in [0.1, 0.15) is 53.4 Å². The number of rotatable bonds is 6. The molecule has 3 atom stereocenters. The summed E-state index contributed by atoms with van der Waals surface area (Å²) >= 11 is 0. The maximum atomic E-state index is 12.4. The Hall–Kier alpha value is -0.570. The Bertz CT molecular complexity index is 299. The molecule has 0 aromatic carbocycles. The minimum atomic E-state index is 0.0557. The Morgan fingerprint density at radius 1 is 1.33 bits per heavy atom. The van der Waals surface area contributed by atoms with Gasteiger partial charge in [0.05, 0.1) is 12.2 Å². The van der Waals surface area contributed by atoms with Crippen molar-refractivity contribution in [2.24, 2.45) is 17.8 Å². The first-order valence-corrected chi connectivity index (χ1v) is 7.59. The van der Waals surface area contributed by atoms with Crippen LogP contribution in [0.4, 0.5) is 0 Å². The zero-order valence-corrected chi connectivity index (χ0v) is 12.3. The van der Waals surface area contributed by atoms with Gasteiger partial charge in [0.15, 0.2) is 0 Å². The van der Waals surface area contributed by atoms with Crippen LogP contribution in [0.25, 0.3) is 0 Å². The molecule has 2 rings (SSSR count). The van der Waals surface area contributed by atoms with Gasteiger partial charge in [-0.2, -0.15) is 0 Å². The summed E-state index contributed by atoms with van der Waals surface area (Å²) in [5, 5.41) is 3.51. The average Bonchev–Trinajstić information content (AvgIpc) is 3.10. The largest absolute Gasteiger partial charge is 0.326 e. The lowest BCUT2D eigenvalue weighted by Gasteiger charge is -2.28. The first-order valence-electron chi connectivity index (χ1n) is 7.59. The van der Waals surface area contributed by atoms with E-state index in [0.717, 1.165) is 25.3 Å². The van der Waals surface area contributed by atoms with Crippen molar-refractivity contribution in [1.82, 2.24) is 10.2 Å². The Morgan fingerprint density at radius 3 is 2.50 bits per heavy atom. The highest BCUT2D eigenvalue weighted by Gasteiger charge is 2.40. The fraction of sp³-hybridized carbons (Fsp3) is 0.933. The van der Waals surface area contributed by atoms with E-state index in [1.54, 1.807) is 0 Å². The molecule has 2 fully saturated rings. The number of nitrogens with zero attached hydrogens (tertiary/aromatic N) is 1. The van der Waals surface area contributed by atoms with E-state index in [1.165, 1.54) is 12.8 Å². The zero-order chi connectivity index (χ0) is 13.3. The van der Waals surface area contributed by atoms with E-state index in [9.17, 15) is 4.79 Å². The summed E-state index contributed by atoms with van der Waals surface area (Å²) < 4.78 is 0. The summed E-state index contributed by atoms with van der Waals surface area (Å²) in [6, 6.07) is 0.0557. The predicted octanol–water partition coefficient (Wildman–Crippen LogP) is 2.62.